The summed E-state index contributed by atoms with van der Waals surface area (Å²) in [5.74, 6) is -0.0844. The second-order valence-corrected chi connectivity index (χ2v) is 3.27. The minimum absolute atomic E-state index is 0.173. The van der Waals surface area contributed by atoms with Gasteiger partial charge in [0.2, 0.25) is 5.91 Å². The Hall–Kier alpha value is -0.860. The number of carbonyl (C=O) groups is 2. The zero-order valence-electron chi connectivity index (χ0n) is 6.67. The summed E-state index contributed by atoms with van der Waals surface area (Å²) >= 11 is 0. The van der Waals surface area contributed by atoms with Gasteiger partial charge in [0, 0.05) is 18.8 Å². The third-order valence-electron chi connectivity index (χ3n) is 2.38. The number of carbonyl (C=O) groups excluding carboxylic acids is 2. The smallest absolute Gasteiger partial charge is 0.221 e. The highest BCUT2D eigenvalue weighted by molar-refractivity contribution is 5.87. The molecule has 0 aliphatic heterocycles. The van der Waals surface area contributed by atoms with E-state index in [0.717, 1.165) is 6.42 Å². The molecule has 1 amide bonds. The molecule has 0 aromatic carbocycles. The van der Waals surface area contributed by atoms with Crippen LogP contribution in [0.4, 0.5) is 0 Å². The molecule has 0 saturated heterocycles. The van der Waals surface area contributed by atoms with E-state index in [4.69, 9.17) is 5.73 Å². The van der Waals surface area contributed by atoms with Gasteiger partial charge in [0.25, 0.3) is 0 Å². The fourth-order valence-electron chi connectivity index (χ4n) is 1.52. The summed E-state index contributed by atoms with van der Waals surface area (Å²) in [5, 5.41) is 0. The molecule has 2 atom stereocenters. The van der Waals surface area contributed by atoms with Gasteiger partial charge in [-0.2, -0.15) is 0 Å². The Kier molecular flexibility index (Phi) is 2.27. The Morgan fingerprint density at radius 3 is 2.73 bits per heavy atom. The van der Waals surface area contributed by atoms with E-state index in [0.29, 0.717) is 12.8 Å². The van der Waals surface area contributed by atoms with Gasteiger partial charge >= 0.3 is 0 Å². The van der Waals surface area contributed by atoms with Crippen LogP contribution in [0.5, 0.6) is 0 Å². The van der Waals surface area contributed by atoms with Crippen LogP contribution in [0.15, 0.2) is 0 Å². The van der Waals surface area contributed by atoms with Crippen LogP contribution in [-0.2, 0) is 9.59 Å². The second kappa shape index (κ2) is 3.03. The lowest BCUT2D eigenvalue weighted by molar-refractivity contribution is -0.131. The number of primary amides is 1. The molecule has 3 heteroatoms. The highest BCUT2D eigenvalue weighted by Crippen LogP contribution is 2.26. The molecule has 2 N–H and O–H groups in total. The van der Waals surface area contributed by atoms with Crippen molar-refractivity contribution in [2.24, 2.45) is 17.6 Å². The molecular formula is C8H13NO2. The molecule has 1 fully saturated rings. The van der Waals surface area contributed by atoms with E-state index in [1.165, 1.54) is 0 Å². The van der Waals surface area contributed by atoms with Crippen molar-refractivity contribution in [1.82, 2.24) is 0 Å². The Morgan fingerprint density at radius 1 is 1.64 bits per heavy atom. The fourth-order valence-corrected chi connectivity index (χ4v) is 1.52. The monoisotopic (exact) mass is 155 g/mol. The maximum absolute atomic E-state index is 10.9. The third-order valence-corrected chi connectivity index (χ3v) is 2.38. The average molecular weight is 155 g/mol. The van der Waals surface area contributed by atoms with Crippen molar-refractivity contribution in [3.63, 3.8) is 0 Å². The lowest BCUT2D eigenvalue weighted by Crippen LogP contribution is -2.34. The molecule has 1 aliphatic carbocycles. The number of hydrogen-bond acceptors (Lipinski definition) is 2. The molecule has 0 radical (unpaired) electrons. The van der Waals surface area contributed by atoms with Crippen molar-refractivity contribution in [3.05, 3.63) is 0 Å². The van der Waals surface area contributed by atoms with Crippen molar-refractivity contribution < 1.29 is 9.59 Å². The number of amides is 1. The van der Waals surface area contributed by atoms with Gasteiger partial charge in [0.1, 0.15) is 5.78 Å². The van der Waals surface area contributed by atoms with Crippen LogP contribution in [0, 0.1) is 11.8 Å². The van der Waals surface area contributed by atoms with Gasteiger partial charge in [0.15, 0.2) is 0 Å². The first kappa shape index (κ1) is 8.24. The summed E-state index contributed by atoms with van der Waals surface area (Å²) in [5.41, 5.74) is 5.13. The first-order valence-electron chi connectivity index (χ1n) is 3.92. The third kappa shape index (κ3) is 1.79. The quantitative estimate of drug-likeness (QED) is 0.598. The highest BCUT2D eigenvalue weighted by atomic mass is 16.1. The molecule has 11 heavy (non-hydrogen) atoms. The van der Waals surface area contributed by atoms with Crippen molar-refractivity contribution in [3.8, 4) is 0 Å². The number of hydrogen-bond donors (Lipinski definition) is 1. The molecule has 62 valence electrons. The van der Waals surface area contributed by atoms with Crippen molar-refractivity contribution >= 4 is 11.7 Å². The topological polar surface area (TPSA) is 60.2 Å². The molecule has 0 bridgehead atoms. The van der Waals surface area contributed by atoms with Crippen LogP contribution in [0.25, 0.3) is 0 Å². The molecule has 1 aliphatic rings. The summed E-state index contributed by atoms with van der Waals surface area (Å²) in [6.45, 7) is 1.97. The van der Waals surface area contributed by atoms with Crippen LogP contribution >= 0.6 is 0 Å². The van der Waals surface area contributed by atoms with Crippen LogP contribution in [0.3, 0.4) is 0 Å². The van der Waals surface area contributed by atoms with Gasteiger partial charge in [-0.15, -0.1) is 0 Å². The first-order chi connectivity index (χ1) is 5.11. The van der Waals surface area contributed by atoms with E-state index in [1.54, 1.807) is 0 Å². The van der Waals surface area contributed by atoms with E-state index in [1.807, 2.05) is 6.92 Å². The summed E-state index contributed by atoms with van der Waals surface area (Å²) in [6.07, 6.45) is 1.79. The number of rotatable bonds is 1. The van der Waals surface area contributed by atoms with Crippen molar-refractivity contribution in [2.75, 3.05) is 0 Å². The maximum atomic E-state index is 10.9. The highest BCUT2D eigenvalue weighted by Gasteiger charge is 2.29. The predicted molar refractivity (Wildman–Crippen MR) is 40.7 cm³/mol. The minimum atomic E-state index is -0.328. The average Bonchev–Trinajstić information content (AvgIpc) is 1.94. The lowest BCUT2D eigenvalue weighted by Gasteiger charge is -2.24. The predicted octanol–water partition coefficient (Wildman–Crippen LogP) is 0.477. The lowest BCUT2D eigenvalue weighted by atomic mass is 9.79. The largest absolute Gasteiger partial charge is 0.369 e. The normalized spacial score (nSPS) is 31.9. The van der Waals surface area contributed by atoms with Crippen molar-refractivity contribution in [2.45, 2.75) is 26.2 Å². The van der Waals surface area contributed by atoms with E-state index in [9.17, 15) is 9.59 Å². The molecule has 0 aromatic rings. The number of ketones is 1. The standard InChI is InChI=1S/C8H13NO2/c1-5-2-3-6(10)4-7(5)8(9)11/h5,7H,2-4H2,1H3,(H2,9,11). The van der Waals surface area contributed by atoms with Crippen LogP contribution in [0.2, 0.25) is 0 Å². The number of nitrogens with two attached hydrogens (primary N) is 1. The van der Waals surface area contributed by atoms with Crippen LogP contribution in [0.1, 0.15) is 26.2 Å². The van der Waals surface area contributed by atoms with Crippen LogP contribution in [-0.4, -0.2) is 11.7 Å². The van der Waals surface area contributed by atoms with E-state index >= 15 is 0 Å². The summed E-state index contributed by atoms with van der Waals surface area (Å²) in [6, 6.07) is 0. The number of Topliss-reactive ketones (excluding diaryl/α,β-unsaturated/α-hetero) is 1. The van der Waals surface area contributed by atoms with Crippen molar-refractivity contribution in [1.29, 1.82) is 0 Å². The molecule has 3 nitrogen and oxygen atoms in total. The molecule has 1 saturated carbocycles. The van der Waals surface area contributed by atoms with Gasteiger partial charge < -0.3 is 5.73 Å². The Bertz CT molecular complexity index is 189. The Labute approximate surface area is 66.0 Å². The molecule has 2 unspecified atom stereocenters. The fraction of sp³-hybridized carbons (Fsp3) is 0.750. The van der Waals surface area contributed by atoms with Crippen LogP contribution < -0.4 is 5.73 Å². The van der Waals surface area contributed by atoms with Gasteiger partial charge in [-0.3, -0.25) is 9.59 Å². The molecule has 1 rings (SSSR count). The minimum Gasteiger partial charge on any atom is -0.369 e. The first-order valence-corrected chi connectivity index (χ1v) is 3.92. The van der Waals surface area contributed by atoms with Gasteiger partial charge in [-0.1, -0.05) is 6.92 Å². The SMILES string of the molecule is CC1CCC(=O)CC1C(N)=O. The Balaban J connectivity index is 2.61. The van der Waals surface area contributed by atoms with E-state index in [-0.39, 0.29) is 23.5 Å². The second-order valence-electron chi connectivity index (χ2n) is 3.27. The summed E-state index contributed by atoms with van der Waals surface area (Å²) < 4.78 is 0. The van der Waals surface area contributed by atoms with E-state index < -0.39 is 0 Å². The zero-order valence-corrected chi connectivity index (χ0v) is 6.67. The molecule has 0 spiro atoms. The summed E-state index contributed by atoms with van der Waals surface area (Å²) in [4.78, 5) is 21.7. The molecule has 0 aromatic heterocycles. The molecule has 0 heterocycles. The summed E-state index contributed by atoms with van der Waals surface area (Å²) in [7, 11) is 0. The Morgan fingerprint density at radius 2 is 2.27 bits per heavy atom. The van der Waals surface area contributed by atoms with Gasteiger partial charge in [0.05, 0.1) is 0 Å². The van der Waals surface area contributed by atoms with E-state index in [2.05, 4.69) is 0 Å². The van der Waals surface area contributed by atoms with Gasteiger partial charge in [-0.05, 0) is 12.3 Å². The zero-order chi connectivity index (χ0) is 8.43. The molecular weight excluding hydrogens is 142 g/mol. The van der Waals surface area contributed by atoms with Gasteiger partial charge in [-0.25, -0.2) is 0 Å². The maximum Gasteiger partial charge on any atom is 0.221 e.